The monoisotopic (exact) mass is 207 g/mol. The van der Waals surface area contributed by atoms with Crippen LogP contribution in [-0.4, -0.2) is 21.8 Å². The summed E-state index contributed by atoms with van der Waals surface area (Å²) in [6.45, 7) is -0.393. The van der Waals surface area contributed by atoms with Crippen LogP contribution in [0.15, 0.2) is 30.5 Å². The van der Waals surface area contributed by atoms with Crippen LogP contribution < -0.4 is 0 Å². The van der Waals surface area contributed by atoms with Gasteiger partial charge in [0.1, 0.15) is 11.9 Å². The molecule has 0 saturated heterocycles. The van der Waals surface area contributed by atoms with E-state index in [2.05, 4.69) is 4.98 Å². The summed E-state index contributed by atoms with van der Waals surface area (Å²) in [5, 5.41) is 18.9. The minimum atomic E-state index is -1.00. The minimum Gasteiger partial charge on any atom is -0.393 e. The van der Waals surface area contributed by atoms with E-state index in [1.807, 2.05) is 0 Å². The average Bonchev–Trinajstić information content (AvgIpc) is 2.27. The third-order valence-electron chi connectivity index (χ3n) is 2.27. The SMILES string of the molecule is OCC(O)c1ccnc2ccc(F)cc12. The quantitative estimate of drug-likeness (QED) is 0.782. The Morgan fingerprint density at radius 3 is 2.87 bits per heavy atom. The Balaban J connectivity index is 2.68. The summed E-state index contributed by atoms with van der Waals surface area (Å²) in [6.07, 6.45) is 0.520. The molecule has 15 heavy (non-hydrogen) atoms. The summed E-state index contributed by atoms with van der Waals surface area (Å²) < 4.78 is 13.0. The van der Waals surface area contributed by atoms with Crippen molar-refractivity contribution < 1.29 is 14.6 Å². The number of hydrogen-bond acceptors (Lipinski definition) is 3. The smallest absolute Gasteiger partial charge is 0.123 e. The number of pyridine rings is 1. The summed E-state index contributed by atoms with van der Waals surface area (Å²) in [6, 6.07) is 5.72. The van der Waals surface area contributed by atoms with Gasteiger partial charge >= 0.3 is 0 Å². The highest BCUT2D eigenvalue weighted by molar-refractivity contribution is 5.82. The molecule has 0 spiro atoms. The first-order valence-electron chi connectivity index (χ1n) is 4.55. The van der Waals surface area contributed by atoms with Gasteiger partial charge in [0.2, 0.25) is 0 Å². The molecule has 0 amide bonds. The van der Waals surface area contributed by atoms with E-state index in [1.54, 1.807) is 6.07 Å². The molecule has 1 heterocycles. The van der Waals surface area contributed by atoms with Crippen molar-refractivity contribution in [1.82, 2.24) is 4.98 Å². The lowest BCUT2D eigenvalue weighted by Gasteiger charge is -2.10. The predicted molar refractivity (Wildman–Crippen MR) is 53.7 cm³/mol. The molecule has 0 radical (unpaired) electrons. The molecule has 3 nitrogen and oxygen atoms in total. The van der Waals surface area contributed by atoms with Gasteiger partial charge in [-0.3, -0.25) is 4.98 Å². The summed E-state index contributed by atoms with van der Waals surface area (Å²) in [5.41, 5.74) is 1.09. The van der Waals surface area contributed by atoms with Crippen LogP contribution in [-0.2, 0) is 0 Å². The Hall–Kier alpha value is -1.52. The topological polar surface area (TPSA) is 53.4 Å². The maximum absolute atomic E-state index is 13.0. The summed E-state index contributed by atoms with van der Waals surface area (Å²) in [4.78, 5) is 4.04. The number of nitrogens with zero attached hydrogens (tertiary/aromatic N) is 1. The molecule has 78 valence electrons. The summed E-state index contributed by atoms with van der Waals surface area (Å²) in [7, 11) is 0. The number of aromatic nitrogens is 1. The second kappa shape index (κ2) is 3.92. The van der Waals surface area contributed by atoms with E-state index in [1.165, 1.54) is 24.4 Å². The molecule has 0 aliphatic rings. The van der Waals surface area contributed by atoms with E-state index >= 15 is 0 Å². The standard InChI is InChI=1S/C11H10FNO2/c12-7-1-2-10-9(5-7)8(3-4-13-10)11(15)6-14/h1-5,11,14-15H,6H2. The normalized spacial score (nSPS) is 13.0. The number of aliphatic hydroxyl groups is 2. The lowest BCUT2D eigenvalue weighted by molar-refractivity contribution is 0.0967. The Labute approximate surface area is 85.8 Å². The van der Waals surface area contributed by atoms with Crippen LogP contribution in [0.2, 0.25) is 0 Å². The van der Waals surface area contributed by atoms with Gasteiger partial charge in [-0.15, -0.1) is 0 Å². The number of hydrogen-bond donors (Lipinski definition) is 2. The molecule has 1 aromatic heterocycles. The Morgan fingerprint density at radius 1 is 1.33 bits per heavy atom. The highest BCUT2D eigenvalue weighted by Crippen LogP contribution is 2.23. The first-order chi connectivity index (χ1) is 7.22. The molecule has 0 aliphatic heterocycles. The molecule has 1 atom stereocenters. The van der Waals surface area contributed by atoms with E-state index < -0.39 is 12.7 Å². The molecule has 1 aromatic carbocycles. The van der Waals surface area contributed by atoms with Gasteiger partial charge in [-0.1, -0.05) is 0 Å². The first-order valence-corrected chi connectivity index (χ1v) is 4.55. The van der Waals surface area contributed by atoms with Crippen molar-refractivity contribution in [3.05, 3.63) is 41.8 Å². The lowest BCUT2D eigenvalue weighted by atomic mass is 10.0. The van der Waals surface area contributed by atoms with Gasteiger partial charge in [0, 0.05) is 11.6 Å². The van der Waals surface area contributed by atoms with E-state index in [9.17, 15) is 9.50 Å². The largest absolute Gasteiger partial charge is 0.393 e. The van der Waals surface area contributed by atoms with Crippen LogP contribution in [0, 0.1) is 5.82 Å². The number of benzene rings is 1. The zero-order valence-corrected chi connectivity index (χ0v) is 7.89. The lowest BCUT2D eigenvalue weighted by Crippen LogP contribution is -2.03. The first kappa shape index (κ1) is 10.0. The third-order valence-corrected chi connectivity index (χ3v) is 2.27. The zero-order chi connectivity index (χ0) is 10.8. The molecule has 0 aliphatic carbocycles. The van der Waals surface area contributed by atoms with Gasteiger partial charge in [-0.2, -0.15) is 0 Å². The minimum absolute atomic E-state index is 0.387. The molecule has 0 saturated carbocycles. The molecule has 1 unspecified atom stereocenters. The van der Waals surface area contributed by atoms with E-state index in [0.29, 0.717) is 16.5 Å². The fourth-order valence-electron chi connectivity index (χ4n) is 1.53. The molecule has 0 fully saturated rings. The van der Waals surface area contributed by atoms with Gasteiger partial charge in [-0.25, -0.2) is 4.39 Å². The maximum Gasteiger partial charge on any atom is 0.123 e. The van der Waals surface area contributed by atoms with E-state index in [-0.39, 0.29) is 5.82 Å². The van der Waals surface area contributed by atoms with Crippen molar-refractivity contribution in [2.45, 2.75) is 6.10 Å². The summed E-state index contributed by atoms with van der Waals surface area (Å²) in [5.74, 6) is -0.387. The van der Waals surface area contributed by atoms with Crippen LogP contribution in [0.4, 0.5) is 4.39 Å². The Kier molecular flexibility index (Phi) is 2.62. The highest BCUT2D eigenvalue weighted by Gasteiger charge is 2.10. The van der Waals surface area contributed by atoms with Crippen LogP contribution in [0.5, 0.6) is 0 Å². The Morgan fingerprint density at radius 2 is 2.13 bits per heavy atom. The fourth-order valence-corrected chi connectivity index (χ4v) is 1.53. The van der Waals surface area contributed by atoms with Crippen LogP contribution >= 0.6 is 0 Å². The van der Waals surface area contributed by atoms with Crippen molar-refractivity contribution in [1.29, 1.82) is 0 Å². The number of rotatable bonds is 2. The Bertz CT molecular complexity index is 487. The zero-order valence-electron chi connectivity index (χ0n) is 7.89. The van der Waals surface area contributed by atoms with Crippen LogP contribution in [0.1, 0.15) is 11.7 Å². The highest BCUT2D eigenvalue weighted by atomic mass is 19.1. The van der Waals surface area contributed by atoms with Gasteiger partial charge in [-0.05, 0) is 29.8 Å². The molecule has 0 bridgehead atoms. The number of fused-ring (bicyclic) bond motifs is 1. The molecule has 4 heteroatoms. The van der Waals surface area contributed by atoms with Gasteiger partial charge in [0.05, 0.1) is 12.1 Å². The predicted octanol–water partition coefficient (Wildman–Crippen LogP) is 1.40. The molecular weight excluding hydrogens is 197 g/mol. The van der Waals surface area contributed by atoms with Crippen molar-refractivity contribution in [2.75, 3.05) is 6.61 Å². The second-order valence-electron chi connectivity index (χ2n) is 3.26. The molecule has 2 rings (SSSR count). The van der Waals surface area contributed by atoms with Crippen LogP contribution in [0.25, 0.3) is 10.9 Å². The van der Waals surface area contributed by atoms with Crippen molar-refractivity contribution in [3.8, 4) is 0 Å². The van der Waals surface area contributed by atoms with Gasteiger partial charge < -0.3 is 10.2 Å². The molecular formula is C11H10FNO2. The van der Waals surface area contributed by atoms with Gasteiger partial charge in [0.25, 0.3) is 0 Å². The number of aliphatic hydroxyl groups excluding tert-OH is 2. The van der Waals surface area contributed by atoms with Crippen molar-refractivity contribution in [3.63, 3.8) is 0 Å². The average molecular weight is 207 g/mol. The van der Waals surface area contributed by atoms with Crippen LogP contribution in [0.3, 0.4) is 0 Å². The van der Waals surface area contributed by atoms with Gasteiger partial charge in [0.15, 0.2) is 0 Å². The van der Waals surface area contributed by atoms with Crippen molar-refractivity contribution >= 4 is 10.9 Å². The maximum atomic E-state index is 13.0. The van der Waals surface area contributed by atoms with E-state index in [4.69, 9.17) is 5.11 Å². The summed E-state index contributed by atoms with van der Waals surface area (Å²) >= 11 is 0. The number of halogens is 1. The van der Waals surface area contributed by atoms with E-state index in [0.717, 1.165) is 0 Å². The molecule has 2 aromatic rings. The molecule has 2 N–H and O–H groups in total. The van der Waals surface area contributed by atoms with Crippen molar-refractivity contribution in [2.24, 2.45) is 0 Å². The fraction of sp³-hybridized carbons (Fsp3) is 0.182. The third kappa shape index (κ3) is 1.82. The second-order valence-corrected chi connectivity index (χ2v) is 3.26.